The molecule has 9 heteroatoms. The van der Waals surface area contributed by atoms with Crippen LogP contribution in [-0.4, -0.2) is 41.9 Å². The molecule has 0 aliphatic carbocycles. The fourth-order valence-corrected chi connectivity index (χ4v) is 2.59. The zero-order valence-corrected chi connectivity index (χ0v) is 15.3. The van der Waals surface area contributed by atoms with Crippen LogP contribution in [0.3, 0.4) is 0 Å². The molecular formula is C18H18ClN3O5. The highest BCUT2D eigenvalue weighted by molar-refractivity contribution is 6.34. The molecule has 142 valence electrons. The van der Waals surface area contributed by atoms with E-state index in [0.717, 1.165) is 11.6 Å². The van der Waals surface area contributed by atoms with Crippen molar-refractivity contribution in [1.82, 2.24) is 4.90 Å². The van der Waals surface area contributed by atoms with E-state index in [0.29, 0.717) is 6.54 Å². The fourth-order valence-electron chi connectivity index (χ4n) is 2.37. The number of nitro groups is 1. The lowest BCUT2D eigenvalue weighted by molar-refractivity contribution is -0.384. The molecule has 1 N–H and O–H groups in total. The Morgan fingerprint density at radius 3 is 2.48 bits per heavy atom. The summed E-state index contributed by atoms with van der Waals surface area (Å²) in [6.45, 7) is 0.224. The maximum absolute atomic E-state index is 12.4. The molecule has 0 fully saturated rings. The second-order valence-electron chi connectivity index (χ2n) is 5.68. The average molecular weight is 392 g/mol. The monoisotopic (exact) mass is 391 g/mol. The van der Waals surface area contributed by atoms with Crippen LogP contribution in [0.1, 0.15) is 5.56 Å². The summed E-state index contributed by atoms with van der Waals surface area (Å²) in [6.07, 6.45) is 0. The number of hydrogen-bond donors (Lipinski definition) is 1. The molecule has 1 amide bonds. The summed E-state index contributed by atoms with van der Waals surface area (Å²) in [5.74, 6) is -0.877. The molecule has 0 aliphatic rings. The summed E-state index contributed by atoms with van der Waals surface area (Å²) in [7, 11) is 1.28. The van der Waals surface area contributed by atoms with Gasteiger partial charge in [-0.15, -0.1) is 0 Å². The van der Waals surface area contributed by atoms with Gasteiger partial charge in [0.2, 0.25) is 5.91 Å². The molecule has 0 heterocycles. The largest absolute Gasteiger partial charge is 0.468 e. The summed E-state index contributed by atoms with van der Waals surface area (Å²) in [6, 6.07) is 13.1. The van der Waals surface area contributed by atoms with Gasteiger partial charge in [-0.25, -0.2) is 0 Å². The Bertz CT molecular complexity index is 829. The number of anilines is 1. The topological polar surface area (TPSA) is 102 Å². The highest BCUT2D eigenvalue weighted by Crippen LogP contribution is 2.26. The molecule has 0 aliphatic heterocycles. The molecule has 2 aromatic carbocycles. The number of methoxy groups -OCH3 is 1. The molecule has 0 unspecified atom stereocenters. The molecule has 27 heavy (non-hydrogen) atoms. The predicted octanol–water partition coefficient (Wildman–Crippen LogP) is 2.86. The molecule has 0 saturated heterocycles. The van der Waals surface area contributed by atoms with E-state index in [4.69, 9.17) is 11.6 Å². The van der Waals surface area contributed by atoms with Gasteiger partial charge in [0, 0.05) is 18.7 Å². The number of hydrogen-bond acceptors (Lipinski definition) is 6. The molecule has 2 aromatic rings. The third-order valence-corrected chi connectivity index (χ3v) is 3.95. The van der Waals surface area contributed by atoms with Crippen LogP contribution in [0.15, 0.2) is 48.5 Å². The highest BCUT2D eigenvalue weighted by atomic mass is 35.5. The minimum Gasteiger partial charge on any atom is -0.468 e. The van der Waals surface area contributed by atoms with Crippen LogP contribution in [-0.2, 0) is 20.9 Å². The Hall–Kier alpha value is -2.97. The summed E-state index contributed by atoms with van der Waals surface area (Å²) in [5, 5.41) is 13.4. The zero-order chi connectivity index (χ0) is 19.8. The van der Waals surface area contributed by atoms with Crippen LogP contribution in [0.5, 0.6) is 0 Å². The first kappa shape index (κ1) is 20.3. The number of halogens is 1. The van der Waals surface area contributed by atoms with Gasteiger partial charge in [-0.3, -0.25) is 24.6 Å². The van der Waals surface area contributed by atoms with Gasteiger partial charge in [0.1, 0.15) is 0 Å². The van der Waals surface area contributed by atoms with E-state index >= 15 is 0 Å². The maximum atomic E-state index is 12.4. The summed E-state index contributed by atoms with van der Waals surface area (Å²) < 4.78 is 4.68. The van der Waals surface area contributed by atoms with Crippen molar-refractivity contribution >= 4 is 34.9 Å². The number of carbonyl (C=O) groups excluding carboxylic acids is 2. The van der Waals surface area contributed by atoms with E-state index in [1.165, 1.54) is 19.2 Å². The molecule has 0 bridgehead atoms. The van der Waals surface area contributed by atoms with Crippen molar-refractivity contribution in [3.63, 3.8) is 0 Å². The summed E-state index contributed by atoms with van der Waals surface area (Å²) in [5.41, 5.74) is 1.02. The Balaban J connectivity index is 2.06. The lowest BCUT2D eigenvalue weighted by atomic mass is 10.2. The van der Waals surface area contributed by atoms with Crippen molar-refractivity contribution in [3.8, 4) is 0 Å². The van der Waals surface area contributed by atoms with Crippen LogP contribution in [0.25, 0.3) is 0 Å². The van der Waals surface area contributed by atoms with Gasteiger partial charge in [-0.05, 0) is 11.6 Å². The molecule has 0 radical (unpaired) electrons. The lowest BCUT2D eigenvalue weighted by Gasteiger charge is -2.20. The molecule has 2 rings (SSSR count). The molecule has 8 nitrogen and oxygen atoms in total. The zero-order valence-electron chi connectivity index (χ0n) is 14.6. The maximum Gasteiger partial charge on any atom is 0.319 e. The van der Waals surface area contributed by atoms with Crippen molar-refractivity contribution in [3.05, 3.63) is 69.2 Å². The average Bonchev–Trinajstić information content (AvgIpc) is 2.63. The number of esters is 1. The van der Waals surface area contributed by atoms with Crippen molar-refractivity contribution < 1.29 is 19.2 Å². The third kappa shape index (κ3) is 6.36. The van der Waals surface area contributed by atoms with Crippen molar-refractivity contribution in [2.24, 2.45) is 0 Å². The van der Waals surface area contributed by atoms with Crippen LogP contribution in [0.4, 0.5) is 11.4 Å². The van der Waals surface area contributed by atoms with E-state index in [1.54, 1.807) is 4.90 Å². The first-order valence-electron chi connectivity index (χ1n) is 7.96. The number of carbonyl (C=O) groups is 2. The number of benzene rings is 2. The minimum absolute atomic E-state index is 0.0557. The van der Waals surface area contributed by atoms with Crippen molar-refractivity contribution in [2.75, 3.05) is 25.5 Å². The van der Waals surface area contributed by atoms with E-state index in [9.17, 15) is 19.7 Å². The van der Waals surface area contributed by atoms with Gasteiger partial charge >= 0.3 is 5.97 Å². The fraction of sp³-hybridized carbons (Fsp3) is 0.222. The number of nitrogens with zero attached hydrogens (tertiary/aromatic N) is 2. The number of amides is 1. The number of nitro benzene ring substituents is 1. The molecule has 0 saturated carbocycles. The van der Waals surface area contributed by atoms with Crippen LogP contribution in [0, 0.1) is 10.1 Å². The SMILES string of the molecule is COC(=O)CN(CC(=O)Nc1ccc([N+](=O)[O-])cc1Cl)Cc1ccccc1. The molecular weight excluding hydrogens is 374 g/mol. The highest BCUT2D eigenvalue weighted by Gasteiger charge is 2.17. The Morgan fingerprint density at radius 1 is 1.19 bits per heavy atom. The van der Waals surface area contributed by atoms with Crippen LogP contribution >= 0.6 is 11.6 Å². The first-order chi connectivity index (χ1) is 12.9. The van der Waals surface area contributed by atoms with Gasteiger partial charge in [0.25, 0.3) is 5.69 Å². The van der Waals surface area contributed by atoms with E-state index in [-0.39, 0.29) is 29.5 Å². The van der Waals surface area contributed by atoms with E-state index < -0.39 is 16.8 Å². The Kier molecular flexibility index (Phi) is 7.27. The van der Waals surface area contributed by atoms with Crippen molar-refractivity contribution in [1.29, 1.82) is 0 Å². The predicted molar refractivity (Wildman–Crippen MR) is 100 cm³/mol. The van der Waals surface area contributed by atoms with Crippen LogP contribution < -0.4 is 5.32 Å². The lowest BCUT2D eigenvalue weighted by Crippen LogP contribution is -2.37. The third-order valence-electron chi connectivity index (χ3n) is 3.63. The van der Waals surface area contributed by atoms with Gasteiger partial charge in [-0.2, -0.15) is 0 Å². The minimum atomic E-state index is -0.574. The first-order valence-corrected chi connectivity index (χ1v) is 8.33. The van der Waals surface area contributed by atoms with Gasteiger partial charge in [-0.1, -0.05) is 41.9 Å². The normalized spacial score (nSPS) is 10.5. The standard InChI is InChI=1S/C18H18ClN3O5/c1-27-18(24)12-21(10-13-5-3-2-4-6-13)11-17(23)20-16-8-7-14(22(25)26)9-15(16)19/h2-9H,10-12H2,1H3,(H,20,23). The quantitative estimate of drug-likeness (QED) is 0.421. The van der Waals surface area contributed by atoms with Gasteiger partial charge in [0.15, 0.2) is 0 Å². The van der Waals surface area contributed by atoms with E-state index in [1.807, 2.05) is 30.3 Å². The van der Waals surface area contributed by atoms with Crippen molar-refractivity contribution in [2.45, 2.75) is 6.54 Å². The Labute approximate surface area is 160 Å². The molecule has 0 spiro atoms. The van der Waals surface area contributed by atoms with Gasteiger partial charge < -0.3 is 10.1 Å². The summed E-state index contributed by atoms with van der Waals surface area (Å²) >= 11 is 5.98. The van der Waals surface area contributed by atoms with Gasteiger partial charge in [0.05, 0.1) is 35.8 Å². The number of ether oxygens (including phenoxy) is 1. The molecule has 0 atom stereocenters. The smallest absolute Gasteiger partial charge is 0.319 e. The van der Waals surface area contributed by atoms with E-state index in [2.05, 4.69) is 10.1 Å². The number of non-ortho nitro benzene ring substituents is 1. The Morgan fingerprint density at radius 2 is 1.89 bits per heavy atom. The second kappa shape index (κ2) is 9.65. The summed E-state index contributed by atoms with van der Waals surface area (Å²) in [4.78, 5) is 35.8. The number of rotatable bonds is 8. The van der Waals surface area contributed by atoms with Crippen LogP contribution in [0.2, 0.25) is 5.02 Å². The second-order valence-corrected chi connectivity index (χ2v) is 6.08. The molecule has 0 aromatic heterocycles. The number of nitrogens with one attached hydrogen (secondary N) is 1.